The molecule has 0 aliphatic heterocycles. The average Bonchev–Trinajstić information content (AvgIpc) is 2.73. The molecule has 1 amide bonds. The molecule has 3 N–H and O–H groups in total. The van der Waals surface area contributed by atoms with Crippen molar-refractivity contribution in [3.8, 4) is 0 Å². The van der Waals surface area contributed by atoms with Crippen LogP contribution in [-0.4, -0.2) is 22.0 Å². The summed E-state index contributed by atoms with van der Waals surface area (Å²) in [5.41, 5.74) is 5.27. The lowest BCUT2D eigenvalue weighted by atomic mass is 10.1. The van der Waals surface area contributed by atoms with Crippen LogP contribution >= 0.6 is 0 Å². The Kier molecular flexibility index (Phi) is 8.96. The van der Waals surface area contributed by atoms with Crippen LogP contribution in [0.2, 0.25) is 0 Å². The first-order chi connectivity index (χ1) is 14.8. The SMILES string of the molecule is CCCCCN(C(=O)CCc1ccc(F)c(F)c1)c1c(N)n(CCCC)c(=O)[nH]c1=O. The molecule has 9 heteroatoms. The van der Waals surface area contributed by atoms with Gasteiger partial charge in [0.05, 0.1) is 0 Å². The number of hydrogen-bond donors (Lipinski definition) is 2. The van der Waals surface area contributed by atoms with Crippen molar-refractivity contribution in [2.24, 2.45) is 0 Å². The van der Waals surface area contributed by atoms with Crippen LogP contribution in [0.1, 0.15) is 57.9 Å². The number of nitrogens with zero attached hydrogens (tertiary/aromatic N) is 2. The second kappa shape index (κ2) is 11.4. The number of unbranched alkanes of at least 4 members (excludes halogenated alkanes) is 3. The standard InChI is InChI=1S/C22H30F2N4O3/c1-3-5-7-13-27(18(29)11-9-15-8-10-16(23)17(24)14-15)19-20(25)28(12-6-4-2)22(31)26-21(19)30/h8,10,14H,3-7,9,11-13,25H2,1-2H3,(H,26,30,31). The Morgan fingerprint density at radius 3 is 2.45 bits per heavy atom. The first-order valence-electron chi connectivity index (χ1n) is 10.7. The third-order valence-electron chi connectivity index (χ3n) is 5.12. The summed E-state index contributed by atoms with van der Waals surface area (Å²) in [5, 5.41) is 0. The zero-order valence-corrected chi connectivity index (χ0v) is 18.0. The number of aromatic amines is 1. The molecule has 7 nitrogen and oxygen atoms in total. The number of rotatable bonds is 11. The molecule has 1 aromatic carbocycles. The Bertz CT molecular complexity index is 1020. The molecule has 2 aromatic rings. The summed E-state index contributed by atoms with van der Waals surface area (Å²) >= 11 is 0. The molecule has 0 radical (unpaired) electrons. The largest absolute Gasteiger partial charge is 0.383 e. The topological polar surface area (TPSA) is 101 Å². The van der Waals surface area contributed by atoms with E-state index in [-0.39, 0.29) is 36.8 Å². The van der Waals surface area contributed by atoms with Crippen molar-refractivity contribution in [1.29, 1.82) is 0 Å². The molecule has 1 heterocycles. The summed E-state index contributed by atoms with van der Waals surface area (Å²) in [6, 6.07) is 3.48. The zero-order chi connectivity index (χ0) is 23.0. The molecule has 0 aliphatic carbocycles. The number of nitrogen functional groups attached to an aromatic ring is 1. The van der Waals surface area contributed by atoms with Crippen molar-refractivity contribution in [1.82, 2.24) is 9.55 Å². The lowest BCUT2D eigenvalue weighted by Crippen LogP contribution is -2.41. The van der Waals surface area contributed by atoms with Crippen LogP contribution in [0.25, 0.3) is 0 Å². The minimum Gasteiger partial charge on any atom is -0.383 e. The molecule has 1 aromatic heterocycles. The molecule has 31 heavy (non-hydrogen) atoms. The van der Waals surface area contributed by atoms with Crippen LogP contribution in [-0.2, 0) is 17.8 Å². The molecule has 0 atom stereocenters. The number of carbonyl (C=O) groups is 1. The van der Waals surface area contributed by atoms with E-state index in [0.29, 0.717) is 24.9 Å². The second-order valence-electron chi connectivity index (χ2n) is 7.50. The summed E-state index contributed by atoms with van der Waals surface area (Å²) < 4.78 is 27.9. The van der Waals surface area contributed by atoms with Crippen LogP contribution in [0.4, 0.5) is 20.3 Å². The number of amides is 1. The fourth-order valence-electron chi connectivity index (χ4n) is 3.34. The minimum atomic E-state index is -0.978. The van der Waals surface area contributed by atoms with E-state index in [0.717, 1.165) is 31.4 Å². The molecule has 0 aliphatic rings. The van der Waals surface area contributed by atoms with Crippen LogP contribution in [0.15, 0.2) is 27.8 Å². The van der Waals surface area contributed by atoms with Gasteiger partial charge in [-0.1, -0.05) is 39.2 Å². The molecular formula is C22H30F2N4O3. The number of halogens is 2. The van der Waals surface area contributed by atoms with Crippen molar-refractivity contribution in [2.45, 2.75) is 65.3 Å². The maximum atomic E-state index is 13.5. The highest BCUT2D eigenvalue weighted by Crippen LogP contribution is 2.20. The molecule has 170 valence electrons. The van der Waals surface area contributed by atoms with E-state index in [9.17, 15) is 23.2 Å². The Morgan fingerprint density at radius 2 is 1.81 bits per heavy atom. The Morgan fingerprint density at radius 1 is 1.10 bits per heavy atom. The van der Waals surface area contributed by atoms with E-state index in [1.807, 2.05) is 13.8 Å². The van der Waals surface area contributed by atoms with Gasteiger partial charge in [0.25, 0.3) is 5.56 Å². The van der Waals surface area contributed by atoms with Crippen LogP contribution in [0, 0.1) is 11.6 Å². The monoisotopic (exact) mass is 436 g/mol. The van der Waals surface area contributed by atoms with E-state index in [1.54, 1.807) is 0 Å². The van der Waals surface area contributed by atoms with E-state index < -0.39 is 22.9 Å². The van der Waals surface area contributed by atoms with Gasteiger partial charge in [-0.05, 0) is 37.0 Å². The fraction of sp³-hybridized carbons (Fsp3) is 0.500. The fourth-order valence-corrected chi connectivity index (χ4v) is 3.34. The highest BCUT2D eigenvalue weighted by Gasteiger charge is 2.23. The number of nitrogens with two attached hydrogens (primary N) is 1. The Balaban J connectivity index is 2.34. The maximum absolute atomic E-state index is 13.5. The molecule has 0 unspecified atom stereocenters. The van der Waals surface area contributed by atoms with Crippen LogP contribution in [0.3, 0.4) is 0 Å². The molecule has 2 rings (SSSR count). The summed E-state index contributed by atoms with van der Waals surface area (Å²) in [5.74, 6) is -2.35. The van der Waals surface area contributed by atoms with E-state index in [2.05, 4.69) is 4.98 Å². The lowest BCUT2D eigenvalue weighted by molar-refractivity contribution is -0.118. The maximum Gasteiger partial charge on any atom is 0.330 e. The number of benzene rings is 1. The molecule has 0 spiro atoms. The molecule has 0 fully saturated rings. The van der Waals surface area contributed by atoms with Crippen LogP contribution < -0.4 is 21.9 Å². The van der Waals surface area contributed by atoms with Crippen molar-refractivity contribution < 1.29 is 13.6 Å². The van der Waals surface area contributed by atoms with Crippen molar-refractivity contribution in [2.75, 3.05) is 17.2 Å². The highest BCUT2D eigenvalue weighted by molar-refractivity contribution is 5.95. The van der Waals surface area contributed by atoms with E-state index in [4.69, 9.17) is 5.73 Å². The zero-order valence-electron chi connectivity index (χ0n) is 18.0. The van der Waals surface area contributed by atoms with E-state index in [1.165, 1.54) is 15.5 Å². The normalized spacial score (nSPS) is 11.0. The van der Waals surface area contributed by atoms with Crippen molar-refractivity contribution in [3.05, 3.63) is 56.2 Å². The van der Waals surface area contributed by atoms with Crippen molar-refractivity contribution in [3.63, 3.8) is 0 Å². The van der Waals surface area contributed by atoms with Gasteiger partial charge in [0, 0.05) is 19.5 Å². The highest BCUT2D eigenvalue weighted by atomic mass is 19.2. The minimum absolute atomic E-state index is 0.0236. The summed E-state index contributed by atoms with van der Waals surface area (Å²) in [6.07, 6.45) is 4.08. The summed E-state index contributed by atoms with van der Waals surface area (Å²) in [6.45, 7) is 4.58. The number of anilines is 2. The van der Waals surface area contributed by atoms with Gasteiger partial charge in [-0.15, -0.1) is 0 Å². The van der Waals surface area contributed by atoms with Gasteiger partial charge in [-0.25, -0.2) is 13.6 Å². The smallest absolute Gasteiger partial charge is 0.330 e. The van der Waals surface area contributed by atoms with Gasteiger partial charge in [-0.2, -0.15) is 0 Å². The number of hydrogen-bond acceptors (Lipinski definition) is 4. The van der Waals surface area contributed by atoms with Gasteiger partial charge >= 0.3 is 5.69 Å². The lowest BCUT2D eigenvalue weighted by Gasteiger charge is -2.24. The van der Waals surface area contributed by atoms with Gasteiger partial charge in [-0.3, -0.25) is 19.1 Å². The third kappa shape index (κ3) is 6.26. The van der Waals surface area contributed by atoms with Crippen LogP contribution in [0.5, 0.6) is 0 Å². The van der Waals surface area contributed by atoms with Gasteiger partial charge in [0.2, 0.25) is 5.91 Å². The number of nitrogens with one attached hydrogen (secondary N) is 1. The number of aromatic nitrogens is 2. The Labute approximate surface area is 179 Å². The van der Waals surface area contributed by atoms with Crippen molar-refractivity contribution >= 4 is 17.4 Å². The molecular weight excluding hydrogens is 406 g/mol. The number of carbonyl (C=O) groups excluding carboxylic acids is 1. The Hall–Kier alpha value is -2.97. The van der Waals surface area contributed by atoms with Gasteiger partial charge in [0.1, 0.15) is 5.82 Å². The number of H-pyrrole nitrogens is 1. The summed E-state index contributed by atoms with van der Waals surface area (Å²) in [4.78, 5) is 41.4. The third-order valence-corrected chi connectivity index (χ3v) is 5.12. The molecule has 0 bridgehead atoms. The predicted molar refractivity (Wildman–Crippen MR) is 117 cm³/mol. The van der Waals surface area contributed by atoms with Gasteiger partial charge in [0.15, 0.2) is 17.3 Å². The quantitative estimate of drug-likeness (QED) is 0.528. The first-order valence-corrected chi connectivity index (χ1v) is 10.7. The first kappa shape index (κ1) is 24.3. The summed E-state index contributed by atoms with van der Waals surface area (Å²) in [7, 11) is 0. The average molecular weight is 437 g/mol. The molecule has 0 saturated carbocycles. The second-order valence-corrected chi connectivity index (χ2v) is 7.50. The predicted octanol–water partition coefficient (Wildman–Crippen LogP) is 3.35. The molecule has 0 saturated heterocycles. The van der Waals surface area contributed by atoms with Gasteiger partial charge < -0.3 is 10.6 Å². The van der Waals surface area contributed by atoms with E-state index >= 15 is 0 Å². The number of aryl methyl sites for hydroxylation is 1.